The number of amides is 4. The van der Waals surface area contributed by atoms with Crippen LogP contribution < -0.4 is 19.3 Å². The van der Waals surface area contributed by atoms with Crippen LogP contribution in [0.3, 0.4) is 0 Å². The molecule has 252 valence electrons. The van der Waals surface area contributed by atoms with Crippen molar-refractivity contribution in [3.8, 4) is 17.2 Å². The van der Waals surface area contributed by atoms with E-state index < -0.39 is 46.8 Å². The summed E-state index contributed by atoms with van der Waals surface area (Å²) in [5.74, 6) is -4.94. The van der Waals surface area contributed by atoms with Crippen LogP contribution in [0.15, 0.2) is 109 Å². The first-order valence-electron chi connectivity index (χ1n) is 16.5. The first-order valence-corrected chi connectivity index (χ1v) is 16.9. The molecule has 2 aliphatic heterocycles. The lowest BCUT2D eigenvalue weighted by molar-refractivity contribution is -0.127. The van der Waals surface area contributed by atoms with Gasteiger partial charge in [-0.2, -0.15) is 0 Å². The highest BCUT2D eigenvalue weighted by Crippen LogP contribution is 2.66. The van der Waals surface area contributed by atoms with Gasteiger partial charge in [0.2, 0.25) is 23.6 Å². The molecular weight excluding hydrogens is 656 g/mol. The molecule has 1 saturated carbocycles. The maximum Gasteiger partial charge on any atom is 0.246 e. The minimum Gasteiger partial charge on any atom is -0.508 e. The Kier molecular flexibility index (Phi) is 7.56. The van der Waals surface area contributed by atoms with E-state index in [1.54, 1.807) is 48.5 Å². The fraction of sp³-hybridized carbons (Fsp3) is 0.250. The molecule has 4 amide bonds. The van der Waals surface area contributed by atoms with E-state index in [1.165, 1.54) is 36.2 Å². The summed E-state index contributed by atoms with van der Waals surface area (Å²) in [6.07, 6.45) is 2.38. The van der Waals surface area contributed by atoms with Gasteiger partial charge in [0.25, 0.3) is 0 Å². The summed E-state index contributed by atoms with van der Waals surface area (Å²) in [6.45, 7) is 0. The number of benzene rings is 4. The molecule has 0 radical (unpaired) electrons. The molecule has 6 atom stereocenters. The van der Waals surface area contributed by atoms with Crippen molar-refractivity contribution in [1.82, 2.24) is 0 Å². The van der Waals surface area contributed by atoms with E-state index in [0.717, 1.165) is 5.57 Å². The maximum absolute atomic E-state index is 15.5. The first kappa shape index (κ1) is 31.8. The number of hydrogen-bond donors (Lipinski definition) is 1. The van der Waals surface area contributed by atoms with Gasteiger partial charge in [0.15, 0.2) is 0 Å². The minimum atomic E-state index is -1.53. The Balaban J connectivity index is 1.41. The molecule has 10 heteroatoms. The molecule has 4 aromatic carbocycles. The number of allylic oxidation sites excluding steroid dienone is 2. The van der Waals surface area contributed by atoms with Gasteiger partial charge < -0.3 is 14.6 Å². The summed E-state index contributed by atoms with van der Waals surface area (Å²) >= 11 is 6.41. The van der Waals surface area contributed by atoms with Crippen LogP contribution in [-0.2, 0) is 24.6 Å². The number of methoxy groups -OCH3 is 2. The molecule has 0 spiro atoms. The molecule has 3 fully saturated rings. The van der Waals surface area contributed by atoms with E-state index in [0.29, 0.717) is 27.5 Å². The number of aromatic hydroxyl groups is 1. The Morgan fingerprint density at radius 2 is 1.38 bits per heavy atom. The van der Waals surface area contributed by atoms with E-state index in [4.69, 9.17) is 21.1 Å². The number of fused-ring (bicyclic) bond motifs is 4. The lowest BCUT2D eigenvalue weighted by atomic mass is 9.49. The Morgan fingerprint density at radius 3 is 2.02 bits per heavy atom. The van der Waals surface area contributed by atoms with Crippen molar-refractivity contribution in [3.05, 3.63) is 125 Å². The van der Waals surface area contributed by atoms with Crippen molar-refractivity contribution in [1.29, 1.82) is 0 Å². The summed E-state index contributed by atoms with van der Waals surface area (Å²) in [5, 5.41) is 11.1. The van der Waals surface area contributed by atoms with E-state index in [9.17, 15) is 19.5 Å². The Bertz CT molecular complexity index is 2080. The Hall–Kier alpha value is -5.41. The SMILES string of the molecule is COc1cc(O)cc(OC)c1[C@H]1C2=CC[C@@H]3C(=O)N(c4ccccc4)C(=O)[C@@H]3[C@@H]2C[C@H]2C(=O)N(c3cccc(Cl)c3)C(=O)[C@@]12c1ccccc1. The largest absolute Gasteiger partial charge is 0.508 e. The highest BCUT2D eigenvalue weighted by atomic mass is 35.5. The number of para-hydroxylation sites is 1. The number of nitrogens with zero attached hydrogens (tertiary/aromatic N) is 2. The lowest BCUT2D eigenvalue weighted by Crippen LogP contribution is -2.53. The summed E-state index contributed by atoms with van der Waals surface area (Å²) in [5.41, 5.74) is 1.11. The van der Waals surface area contributed by atoms with Crippen LogP contribution in [0.4, 0.5) is 11.4 Å². The summed E-state index contributed by atoms with van der Waals surface area (Å²) in [7, 11) is 2.93. The number of phenols is 1. The number of halogens is 1. The van der Waals surface area contributed by atoms with Gasteiger partial charge in [-0.1, -0.05) is 77.8 Å². The number of hydrogen-bond acceptors (Lipinski definition) is 7. The number of rotatable bonds is 6. The zero-order chi connectivity index (χ0) is 34.9. The van der Waals surface area contributed by atoms with Crippen molar-refractivity contribution in [2.45, 2.75) is 24.2 Å². The van der Waals surface area contributed by atoms with Gasteiger partial charge in [0.1, 0.15) is 17.2 Å². The number of anilines is 2. The van der Waals surface area contributed by atoms with Crippen molar-refractivity contribution >= 4 is 46.6 Å². The monoisotopic (exact) mass is 688 g/mol. The van der Waals surface area contributed by atoms with Crippen molar-refractivity contribution in [2.24, 2.45) is 23.7 Å². The van der Waals surface area contributed by atoms with E-state index >= 15 is 4.79 Å². The Labute approximate surface area is 293 Å². The minimum absolute atomic E-state index is 0.109. The zero-order valence-corrected chi connectivity index (χ0v) is 28.0. The topological polar surface area (TPSA) is 113 Å². The molecule has 2 saturated heterocycles. The van der Waals surface area contributed by atoms with E-state index in [-0.39, 0.29) is 41.9 Å². The molecule has 2 heterocycles. The standard InChI is InChI=1S/C40H33ClN2O7/c1-49-31-19-26(44)20-32(50-2)34(31)35-27-16-17-28-33(38(47)42(36(28)45)24-13-7-4-8-14-24)29(27)21-30-37(46)43(25-15-9-12-23(41)18-25)39(48)40(30,35)22-10-5-3-6-11-22/h3-16,18-20,28-30,33,35,44H,17,21H2,1-2H3/t28-,29+,30-,33-,35+,40+/m0/s1. The number of carbonyl (C=O) groups is 4. The summed E-state index contributed by atoms with van der Waals surface area (Å²) in [6, 6.07) is 27.6. The second kappa shape index (κ2) is 11.9. The fourth-order valence-corrected chi connectivity index (χ4v) is 9.28. The van der Waals surface area contributed by atoms with Gasteiger partial charge in [-0.3, -0.25) is 24.1 Å². The predicted molar refractivity (Wildman–Crippen MR) is 186 cm³/mol. The molecule has 9 nitrogen and oxygen atoms in total. The van der Waals surface area contributed by atoms with Crippen molar-refractivity contribution in [2.75, 3.05) is 24.0 Å². The van der Waals surface area contributed by atoms with Gasteiger partial charge in [0, 0.05) is 28.6 Å². The first-order chi connectivity index (χ1) is 24.2. The Morgan fingerprint density at radius 1 is 0.740 bits per heavy atom. The lowest BCUT2D eigenvalue weighted by Gasteiger charge is -2.51. The van der Waals surface area contributed by atoms with Crippen LogP contribution in [0, 0.1) is 23.7 Å². The molecule has 4 aromatic rings. The summed E-state index contributed by atoms with van der Waals surface area (Å²) in [4.78, 5) is 61.3. The normalized spacial score (nSPS) is 27.1. The summed E-state index contributed by atoms with van der Waals surface area (Å²) < 4.78 is 11.8. The molecule has 0 aromatic heterocycles. The maximum atomic E-state index is 15.5. The van der Waals surface area contributed by atoms with Crippen LogP contribution in [0.5, 0.6) is 17.2 Å². The smallest absolute Gasteiger partial charge is 0.246 e. The fourth-order valence-electron chi connectivity index (χ4n) is 9.10. The number of phenolic OH excluding ortho intramolecular Hbond substituents is 1. The van der Waals surface area contributed by atoms with Crippen LogP contribution in [0.1, 0.15) is 29.9 Å². The predicted octanol–water partition coefficient (Wildman–Crippen LogP) is 6.43. The van der Waals surface area contributed by atoms with Gasteiger partial charge in [-0.25, -0.2) is 4.90 Å². The quantitative estimate of drug-likeness (QED) is 0.184. The highest BCUT2D eigenvalue weighted by Gasteiger charge is 2.71. The van der Waals surface area contributed by atoms with Crippen LogP contribution in [0.2, 0.25) is 5.02 Å². The van der Waals surface area contributed by atoms with Crippen molar-refractivity contribution < 1.29 is 33.8 Å². The van der Waals surface area contributed by atoms with Gasteiger partial charge >= 0.3 is 0 Å². The van der Waals surface area contributed by atoms with E-state index in [2.05, 4.69) is 0 Å². The molecule has 0 unspecified atom stereocenters. The molecule has 8 rings (SSSR count). The highest BCUT2D eigenvalue weighted by molar-refractivity contribution is 6.32. The van der Waals surface area contributed by atoms with Crippen LogP contribution in [-0.4, -0.2) is 43.0 Å². The number of imide groups is 2. The van der Waals surface area contributed by atoms with Crippen molar-refractivity contribution in [3.63, 3.8) is 0 Å². The molecule has 50 heavy (non-hydrogen) atoms. The molecule has 1 N–H and O–H groups in total. The van der Waals surface area contributed by atoms with Crippen LogP contribution >= 0.6 is 11.6 Å². The molecule has 2 aliphatic carbocycles. The second-order valence-corrected chi connectivity index (χ2v) is 13.6. The average Bonchev–Trinajstić information content (AvgIpc) is 3.52. The third-order valence-corrected chi connectivity index (χ3v) is 11.2. The van der Waals surface area contributed by atoms with E-state index in [1.807, 2.05) is 42.5 Å². The zero-order valence-electron chi connectivity index (χ0n) is 27.3. The molecule has 4 aliphatic rings. The van der Waals surface area contributed by atoms with Gasteiger partial charge in [0.05, 0.1) is 48.8 Å². The number of ether oxygens (including phenoxy) is 2. The molecule has 0 bridgehead atoms. The number of carbonyl (C=O) groups excluding carboxylic acids is 4. The average molecular weight is 689 g/mol. The second-order valence-electron chi connectivity index (χ2n) is 13.2. The third kappa shape index (κ3) is 4.39. The third-order valence-electron chi connectivity index (χ3n) is 11.0. The molecular formula is C40H33ClN2O7. The van der Waals surface area contributed by atoms with Gasteiger partial charge in [-0.05, 0) is 54.7 Å². The van der Waals surface area contributed by atoms with Crippen LogP contribution in [0.25, 0.3) is 0 Å². The van der Waals surface area contributed by atoms with Gasteiger partial charge in [-0.15, -0.1) is 0 Å².